The number of thioether (sulfide) groups is 2. The summed E-state index contributed by atoms with van der Waals surface area (Å²) in [7, 11) is 0. The van der Waals surface area contributed by atoms with Crippen LogP contribution in [0.1, 0.15) is 48.7 Å². The molecular weight excluding hydrogens is 536 g/mol. The van der Waals surface area contributed by atoms with Crippen LogP contribution in [0.4, 0.5) is 0 Å². The summed E-state index contributed by atoms with van der Waals surface area (Å²) in [6.45, 7) is 2.43. The number of aromatic nitrogens is 4. The molecule has 4 N–H and O–H groups in total. The maximum atomic E-state index is 13.2. The Kier molecular flexibility index (Phi) is 12.6. The molecule has 204 valence electrons. The molecule has 0 saturated carbocycles. The maximum absolute atomic E-state index is 13.2. The summed E-state index contributed by atoms with van der Waals surface area (Å²) < 4.78 is 0. The fourth-order valence-electron chi connectivity index (χ4n) is 3.20. The van der Waals surface area contributed by atoms with E-state index in [1.54, 1.807) is 12.1 Å². The topological polar surface area (TPSA) is 201 Å². The second-order valence-corrected chi connectivity index (χ2v) is 10.5. The molecule has 0 aliphatic heterocycles. The van der Waals surface area contributed by atoms with Gasteiger partial charge in [-0.1, -0.05) is 0 Å². The SMILES string of the molecule is CC(=O)NC(CSC(CC(=O)CC(SCC(NC(C)=O)C(=O)O)c1ncccn1)c1ccncn1)C(=O)O. The van der Waals surface area contributed by atoms with E-state index in [0.29, 0.717) is 11.5 Å². The van der Waals surface area contributed by atoms with E-state index in [4.69, 9.17) is 0 Å². The quantitative estimate of drug-likeness (QED) is 0.225. The first kappa shape index (κ1) is 30.6. The lowest BCUT2D eigenvalue weighted by molar-refractivity contribution is -0.141. The van der Waals surface area contributed by atoms with Gasteiger partial charge in [-0.05, 0) is 12.1 Å². The fraction of sp³-hybridized carbons (Fsp3) is 0.435. The Morgan fingerprint density at radius 1 is 0.816 bits per heavy atom. The number of hydrogen-bond donors (Lipinski definition) is 4. The molecule has 0 aliphatic rings. The van der Waals surface area contributed by atoms with Crippen LogP contribution in [0.5, 0.6) is 0 Å². The molecule has 4 unspecified atom stereocenters. The van der Waals surface area contributed by atoms with Gasteiger partial charge in [0, 0.05) is 56.8 Å². The predicted octanol–water partition coefficient (Wildman–Crippen LogP) is 1.04. The number of Topliss-reactive ketones (excluding diaryl/α,β-unsaturated/α-hetero) is 1. The molecule has 0 aromatic carbocycles. The number of carbonyl (C=O) groups excluding carboxylic acids is 3. The highest BCUT2D eigenvalue weighted by molar-refractivity contribution is 7.99. The maximum Gasteiger partial charge on any atom is 0.327 e. The number of nitrogens with zero attached hydrogens (tertiary/aromatic N) is 4. The van der Waals surface area contributed by atoms with Gasteiger partial charge in [0.15, 0.2) is 0 Å². The Labute approximate surface area is 227 Å². The molecule has 0 aliphatic carbocycles. The first-order valence-electron chi connectivity index (χ1n) is 11.3. The lowest BCUT2D eigenvalue weighted by atomic mass is 10.1. The lowest BCUT2D eigenvalue weighted by Crippen LogP contribution is -2.41. The van der Waals surface area contributed by atoms with Crippen LogP contribution in [0, 0.1) is 0 Å². The second-order valence-electron chi connectivity index (χ2n) is 8.01. The molecule has 0 saturated heterocycles. The molecular formula is C23H28N6O7S2. The number of amides is 2. The van der Waals surface area contributed by atoms with E-state index in [1.165, 1.54) is 38.8 Å². The van der Waals surface area contributed by atoms with Gasteiger partial charge in [-0.3, -0.25) is 14.4 Å². The van der Waals surface area contributed by atoms with Gasteiger partial charge < -0.3 is 20.8 Å². The standard InChI is InChI=1S/C23H28N6O7S2/c1-13(30)28-17(22(33)34)10-37-19(16-4-7-24-12-27-16)8-15(32)9-20(21-25-5-3-6-26-21)38-11-18(23(35)36)29-14(2)31/h3-7,12,17-20H,8-11H2,1-2H3,(H,28,30)(H,29,31)(H,33,34)(H,35,36). The van der Waals surface area contributed by atoms with Gasteiger partial charge in [-0.2, -0.15) is 0 Å². The molecule has 38 heavy (non-hydrogen) atoms. The van der Waals surface area contributed by atoms with Gasteiger partial charge in [-0.15, -0.1) is 23.5 Å². The number of nitrogens with one attached hydrogen (secondary N) is 2. The summed E-state index contributed by atoms with van der Waals surface area (Å²) >= 11 is 2.30. The number of hydrogen-bond acceptors (Lipinski definition) is 11. The van der Waals surface area contributed by atoms with Crippen molar-refractivity contribution in [2.75, 3.05) is 11.5 Å². The predicted molar refractivity (Wildman–Crippen MR) is 139 cm³/mol. The van der Waals surface area contributed by atoms with Crippen LogP contribution < -0.4 is 10.6 Å². The monoisotopic (exact) mass is 564 g/mol. The van der Waals surface area contributed by atoms with Crippen LogP contribution >= 0.6 is 23.5 Å². The molecule has 2 rings (SSSR count). The molecule has 13 nitrogen and oxygen atoms in total. The number of rotatable bonds is 16. The minimum atomic E-state index is -1.21. The highest BCUT2D eigenvalue weighted by atomic mass is 32.2. The van der Waals surface area contributed by atoms with Crippen molar-refractivity contribution in [2.45, 2.75) is 49.3 Å². The smallest absolute Gasteiger partial charge is 0.327 e. The van der Waals surface area contributed by atoms with E-state index in [0.717, 1.165) is 23.5 Å². The molecule has 4 atom stereocenters. The van der Waals surface area contributed by atoms with Crippen LogP contribution in [0.25, 0.3) is 0 Å². The van der Waals surface area contributed by atoms with Crippen molar-refractivity contribution < 1.29 is 34.2 Å². The van der Waals surface area contributed by atoms with Crippen molar-refractivity contribution >= 4 is 53.1 Å². The molecule has 2 heterocycles. The number of carboxylic acid groups (broad SMARTS) is 2. The zero-order chi connectivity index (χ0) is 28.1. The van der Waals surface area contributed by atoms with Gasteiger partial charge in [0.25, 0.3) is 0 Å². The summed E-state index contributed by atoms with van der Waals surface area (Å²) in [5.41, 5.74) is 0.516. The van der Waals surface area contributed by atoms with Crippen LogP contribution in [0.2, 0.25) is 0 Å². The average Bonchev–Trinajstić information content (AvgIpc) is 2.87. The van der Waals surface area contributed by atoms with Gasteiger partial charge in [0.05, 0.1) is 16.2 Å². The largest absolute Gasteiger partial charge is 0.480 e. The van der Waals surface area contributed by atoms with Crippen molar-refractivity contribution in [3.8, 4) is 0 Å². The first-order valence-corrected chi connectivity index (χ1v) is 13.4. The summed E-state index contributed by atoms with van der Waals surface area (Å²) in [6, 6.07) is 0.918. The van der Waals surface area contributed by atoms with E-state index < -0.39 is 46.3 Å². The molecule has 2 aromatic rings. The summed E-state index contributed by atoms with van der Waals surface area (Å²) in [4.78, 5) is 75.6. The number of aliphatic carboxylic acids is 2. The number of ketones is 1. The molecule has 15 heteroatoms. The third-order valence-corrected chi connectivity index (χ3v) is 7.56. The molecule has 0 bridgehead atoms. The Balaban J connectivity index is 2.17. The number of carboxylic acids is 2. The Hall–Kier alpha value is -3.59. The van der Waals surface area contributed by atoms with Crippen LogP contribution in [-0.4, -0.2) is 83.3 Å². The summed E-state index contributed by atoms with van der Waals surface area (Å²) in [5.74, 6) is -3.31. The normalized spacial score (nSPS) is 13.9. The Morgan fingerprint density at radius 3 is 1.82 bits per heavy atom. The minimum Gasteiger partial charge on any atom is -0.480 e. The lowest BCUT2D eigenvalue weighted by Gasteiger charge is -2.21. The van der Waals surface area contributed by atoms with E-state index in [-0.39, 0.29) is 30.1 Å². The van der Waals surface area contributed by atoms with Crippen molar-refractivity contribution in [2.24, 2.45) is 0 Å². The summed E-state index contributed by atoms with van der Waals surface area (Å²) in [5, 5.41) is 22.4. The third kappa shape index (κ3) is 10.8. The van der Waals surface area contributed by atoms with Crippen LogP contribution in [-0.2, 0) is 24.0 Å². The average molecular weight is 565 g/mol. The van der Waals surface area contributed by atoms with E-state index in [1.807, 2.05) is 0 Å². The number of carbonyl (C=O) groups is 5. The second kappa shape index (κ2) is 15.6. The third-order valence-electron chi connectivity index (χ3n) is 4.91. The molecule has 0 spiro atoms. The summed E-state index contributed by atoms with van der Waals surface area (Å²) in [6.07, 6.45) is 5.78. The molecule has 2 aromatic heterocycles. The molecule has 0 fully saturated rings. The van der Waals surface area contributed by atoms with E-state index in [9.17, 15) is 34.2 Å². The van der Waals surface area contributed by atoms with Crippen molar-refractivity contribution in [1.82, 2.24) is 30.6 Å². The zero-order valence-electron chi connectivity index (χ0n) is 20.6. The fourth-order valence-corrected chi connectivity index (χ4v) is 5.69. The van der Waals surface area contributed by atoms with E-state index in [2.05, 4.69) is 30.6 Å². The Bertz CT molecular complexity index is 1020. The van der Waals surface area contributed by atoms with Crippen molar-refractivity contribution in [3.05, 3.63) is 48.6 Å². The highest BCUT2D eigenvalue weighted by Crippen LogP contribution is 2.35. The van der Waals surface area contributed by atoms with Crippen molar-refractivity contribution in [1.29, 1.82) is 0 Å². The van der Waals surface area contributed by atoms with E-state index >= 15 is 0 Å². The zero-order valence-corrected chi connectivity index (χ0v) is 22.3. The minimum absolute atomic E-state index is 0.00611. The molecule has 2 amide bonds. The molecule has 0 radical (unpaired) electrons. The highest BCUT2D eigenvalue weighted by Gasteiger charge is 2.28. The van der Waals surface area contributed by atoms with Gasteiger partial charge in [0.2, 0.25) is 11.8 Å². The van der Waals surface area contributed by atoms with Crippen molar-refractivity contribution in [3.63, 3.8) is 0 Å². The van der Waals surface area contributed by atoms with Crippen LogP contribution in [0.3, 0.4) is 0 Å². The Morgan fingerprint density at radius 2 is 1.34 bits per heavy atom. The van der Waals surface area contributed by atoms with Gasteiger partial charge >= 0.3 is 11.9 Å². The first-order chi connectivity index (χ1) is 18.1. The van der Waals surface area contributed by atoms with Gasteiger partial charge in [0.1, 0.15) is 30.0 Å². The van der Waals surface area contributed by atoms with Gasteiger partial charge in [-0.25, -0.2) is 29.5 Å². The van der Waals surface area contributed by atoms with Crippen LogP contribution in [0.15, 0.2) is 37.1 Å².